The Hall–Kier alpha value is -1.43. The summed E-state index contributed by atoms with van der Waals surface area (Å²) in [5.41, 5.74) is 0. The van der Waals surface area contributed by atoms with Crippen LogP contribution in [0, 0.1) is 11.7 Å². The first kappa shape index (κ1) is 11.1. The van der Waals surface area contributed by atoms with Crippen LogP contribution in [0.15, 0.2) is 6.20 Å². The lowest BCUT2D eigenvalue weighted by molar-refractivity contribution is 0.164. The summed E-state index contributed by atoms with van der Waals surface area (Å²) in [6, 6.07) is 0. The topological polar surface area (TPSA) is 70.1 Å². The van der Waals surface area contributed by atoms with Gasteiger partial charge < -0.3 is 15.7 Å². The quantitative estimate of drug-likeness (QED) is 0.694. The van der Waals surface area contributed by atoms with Gasteiger partial charge in [0.1, 0.15) is 0 Å². The second kappa shape index (κ2) is 4.61. The number of anilines is 2. The Morgan fingerprint density at radius 3 is 3.00 bits per heavy atom. The van der Waals surface area contributed by atoms with Crippen LogP contribution in [0.2, 0.25) is 0 Å². The number of hydrogen-bond donors (Lipinski definition) is 3. The van der Waals surface area contributed by atoms with Crippen molar-refractivity contribution in [3.05, 3.63) is 12.0 Å². The Balaban J connectivity index is 1.96. The molecule has 1 atom stereocenters. The van der Waals surface area contributed by atoms with Gasteiger partial charge in [-0.1, -0.05) is 0 Å². The molecule has 0 spiro atoms. The van der Waals surface area contributed by atoms with Crippen LogP contribution in [-0.4, -0.2) is 34.8 Å². The van der Waals surface area contributed by atoms with Gasteiger partial charge in [-0.25, -0.2) is 9.37 Å². The van der Waals surface area contributed by atoms with Gasteiger partial charge in [-0.05, 0) is 18.8 Å². The average Bonchev–Trinajstić information content (AvgIpc) is 3.11. The molecule has 6 heteroatoms. The fraction of sp³-hybridized carbons (Fsp3) is 0.600. The minimum absolute atomic E-state index is 0.124. The van der Waals surface area contributed by atoms with E-state index >= 15 is 0 Å². The minimum atomic E-state index is -0.512. The zero-order valence-corrected chi connectivity index (χ0v) is 9.07. The van der Waals surface area contributed by atoms with Gasteiger partial charge in [0.25, 0.3) is 0 Å². The van der Waals surface area contributed by atoms with E-state index in [1.165, 1.54) is 0 Å². The lowest BCUT2D eigenvalue weighted by Crippen LogP contribution is -2.22. The first-order valence-electron chi connectivity index (χ1n) is 5.33. The summed E-state index contributed by atoms with van der Waals surface area (Å²) < 4.78 is 13.3. The Labute approximate surface area is 93.1 Å². The maximum Gasteiger partial charge on any atom is 0.224 e. The first-order valence-corrected chi connectivity index (χ1v) is 5.33. The molecule has 0 amide bonds. The van der Waals surface area contributed by atoms with E-state index in [1.54, 1.807) is 7.05 Å². The molecule has 2 rings (SSSR count). The van der Waals surface area contributed by atoms with Gasteiger partial charge in [0.05, 0.1) is 12.3 Å². The number of rotatable bonds is 5. The normalized spacial score (nSPS) is 16.9. The van der Waals surface area contributed by atoms with Crippen LogP contribution in [0.4, 0.5) is 16.2 Å². The van der Waals surface area contributed by atoms with Crippen LogP contribution in [0.25, 0.3) is 0 Å². The van der Waals surface area contributed by atoms with Crippen molar-refractivity contribution in [1.82, 2.24) is 9.97 Å². The summed E-state index contributed by atoms with van der Waals surface area (Å²) in [5.74, 6) is 0.326. The van der Waals surface area contributed by atoms with E-state index < -0.39 is 11.9 Å². The van der Waals surface area contributed by atoms with Crippen LogP contribution in [0.3, 0.4) is 0 Å². The maximum atomic E-state index is 13.3. The molecule has 1 aromatic rings. The summed E-state index contributed by atoms with van der Waals surface area (Å²) in [6.45, 7) is 0.321. The summed E-state index contributed by atoms with van der Waals surface area (Å²) in [4.78, 5) is 7.66. The lowest BCUT2D eigenvalue weighted by Gasteiger charge is -2.11. The van der Waals surface area contributed by atoms with Crippen LogP contribution >= 0.6 is 0 Å². The van der Waals surface area contributed by atoms with E-state index in [2.05, 4.69) is 20.6 Å². The fourth-order valence-electron chi connectivity index (χ4n) is 1.46. The monoisotopic (exact) mass is 226 g/mol. The van der Waals surface area contributed by atoms with Gasteiger partial charge in [-0.15, -0.1) is 0 Å². The van der Waals surface area contributed by atoms with E-state index in [0.717, 1.165) is 19.0 Å². The highest BCUT2D eigenvalue weighted by Gasteiger charge is 2.29. The molecule has 0 aliphatic heterocycles. The van der Waals surface area contributed by atoms with E-state index in [-0.39, 0.29) is 5.82 Å². The van der Waals surface area contributed by atoms with Gasteiger partial charge >= 0.3 is 0 Å². The summed E-state index contributed by atoms with van der Waals surface area (Å²) in [6.07, 6.45) is 2.78. The Morgan fingerprint density at radius 1 is 1.62 bits per heavy atom. The van der Waals surface area contributed by atoms with Crippen molar-refractivity contribution in [2.75, 3.05) is 24.2 Å². The Morgan fingerprint density at radius 2 is 2.38 bits per heavy atom. The van der Waals surface area contributed by atoms with E-state index in [9.17, 15) is 9.50 Å². The third kappa shape index (κ3) is 2.57. The Kier molecular flexibility index (Phi) is 3.19. The number of aliphatic hydroxyl groups is 1. The number of hydrogen-bond acceptors (Lipinski definition) is 5. The molecule has 0 bridgehead atoms. The van der Waals surface area contributed by atoms with E-state index in [4.69, 9.17) is 0 Å². The lowest BCUT2D eigenvalue weighted by atomic mass is 10.2. The summed E-state index contributed by atoms with van der Waals surface area (Å²) >= 11 is 0. The van der Waals surface area contributed by atoms with Gasteiger partial charge in [0.2, 0.25) is 5.95 Å². The molecule has 1 heterocycles. The number of halogens is 1. The van der Waals surface area contributed by atoms with Gasteiger partial charge in [0.15, 0.2) is 11.6 Å². The average molecular weight is 226 g/mol. The van der Waals surface area contributed by atoms with Gasteiger partial charge in [-0.2, -0.15) is 4.98 Å². The third-order valence-corrected chi connectivity index (χ3v) is 2.61. The Bertz CT molecular complexity index is 370. The largest absolute Gasteiger partial charge is 0.391 e. The fourth-order valence-corrected chi connectivity index (χ4v) is 1.46. The van der Waals surface area contributed by atoms with Crippen molar-refractivity contribution < 1.29 is 9.50 Å². The zero-order chi connectivity index (χ0) is 11.5. The molecule has 1 aromatic heterocycles. The molecule has 0 saturated heterocycles. The second-order valence-corrected chi connectivity index (χ2v) is 3.93. The molecule has 1 unspecified atom stereocenters. The van der Waals surface area contributed by atoms with Gasteiger partial charge in [-0.3, -0.25) is 0 Å². The first-order chi connectivity index (χ1) is 7.70. The van der Waals surface area contributed by atoms with Gasteiger partial charge in [0, 0.05) is 13.6 Å². The molecule has 0 aromatic carbocycles. The molecule has 3 N–H and O–H groups in total. The van der Waals surface area contributed by atoms with Crippen LogP contribution in [0.5, 0.6) is 0 Å². The van der Waals surface area contributed by atoms with Crippen molar-refractivity contribution >= 4 is 11.8 Å². The molecule has 1 aliphatic carbocycles. The van der Waals surface area contributed by atoms with E-state index in [1.807, 2.05) is 0 Å². The predicted molar refractivity (Wildman–Crippen MR) is 58.8 cm³/mol. The number of nitrogens with one attached hydrogen (secondary N) is 2. The van der Waals surface area contributed by atoms with Crippen LogP contribution in [-0.2, 0) is 0 Å². The number of nitrogens with zero attached hydrogens (tertiary/aromatic N) is 2. The van der Waals surface area contributed by atoms with Crippen molar-refractivity contribution in [2.24, 2.45) is 5.92 Å². The number of aliphatic hydroxyl groups excluding tert-OH is 1. The maximum absolute atomic E-state index is 13.3. The molecular weight excluding hydrogens is 211 g/mol. The second-order valence-electron chi connectivity index (χ2n) is 3.93. The molecule has 1 saturated carbocycles. The molecule has 88 valence electrons. The zero-order valence-electron chi connectivity index (χ0n) is 9.07. The highest BCUT2D eigenvalue weighted by Crippen LogP contribution is 2.32. The number of aromatic nitrogens is 2. The molecule has 1 aliphatic rings. The van der Waals surface area contributed by atoms with Crippen molar-refractivity contribution in [1.29, 1.82) is 0 Å². The smallest absolute Gasteiger partial charge is 0.224 e. The molecule has 1 fully saturated rings. The van der Waals surface area contributed by atoms with Crippen LogP contribution in [0.1, 0.15) is 12.8 Å². The van der Waals surface area contributed by atoms with Crippen LogP contribution < -0.4 is 10.6 Å². The summed E-state index contributed by atoms with van der Waals surface area (Å²) in [7, 11) is 1.66. The summed E-state index contributed by atoms with van der Waals surface area (Å²) in [5, 5.41) is 15.1. The van der Waals surface area contributed by atoms with Crippen molar-refractivity contribution in [3.63, 3.8) is 0 Å². The molecule has 5 nitrogen and oxygen atoms in total. The predicted octanol–water partition coefficient (Wildman–Crippen LogP) is 0.840. The molecule has 0 radical (unpaired) electrons. The van der Waals surface area contributed by atoms with Crippen molar-refractivity contribution in [3.8, 4) is 0 Å². The third-order valence-electron chi connectivity index (χ3n) is 2.61. The molecule has 16 heavy (non-hydrogen) atoms. The SMILES string of the molecule is CNc1ncc(F)c(NCC(O)C2CC2)n1. The highest BCUT2D eigenvalue weighted by atomic mass is 19.1. The highest BCUT2D eigenvalue weighted by molar-refractivity contribution is 5.40. The van der Waals surface area contributed by atoms with Crippen molar-refractivity contribution in [2.45, 2.75) is 18.9 Å². The standard InChI is InChI=1S/C10H15FN4O/c1-12-10-14-4-7(11)9(15-10)13-5-8(16)6-2-3-6/h4,6,8,16H,2-3,5H2,1H3,(H2,12,13,14,15). The van der Waals surface area contributed by atoms with E-state index in [0.29, 0.717) is 18.4 Å². The minimum Gasteiger partial charge on any atom is -0.391 e. The molecular formula is C10H15FN4O.